The fourth-order valence-electron chi connectivity index (χ4n) is 6.04. The molecule has 0 radical (unpaired) electrons. The molecule has 1 aromatic carbocycles. The highest BCUT2D eigenvalue weighted by atomic mass is 32.2. The molecule has 2 aromatic rings. The maximum absolute atomic E-state index is 12.7. The van der Waals surface area contributed by atoms with Crippen molar-refractivity contribution in [3.63, 3.8) is 0 Å². The van der Waals surface area contributed by atoms with Crippen LogP contribution in [0.15, 0.2) is 29.2 Å². The van der Waals surface area contributed by atoms with Crippen molar-refractivity contribution in [1.82, 2.24) is 4.98 Å². The van der Waals surface area contributed by atoms with Gasteiger partial charge in [0.1, 0.15) is 5.82 Å². The molecule has 5 nitrogen and oxygen atoms in total. The zero-order chi connectivity index (χ0) is 21.7. The predicted octanol–water partition coefficient (Wildman–Crippen LogP) is 3.94. The van der Waals surface area contributed by atoms with Crippen LogP contribution in [0.25, 0.3) is 0 Å². The monoisotopic (exact) mass is 451 g/mol. The molecule has 1 saturated heterocycles. The quantitative estimate of drug-likeness (QED) is 0.721. The summed E-state index contributed by atoms with van der Waals surface area (Å²) in [6.07, 6.45) is 9.93. The number of aliphatic hydroxyl groups is 1. The van der Waals surface area contributed by atoms with Crippen molar-refractivity contribution < 1.29 is 9.32 Å². The van der Waals surface area contributed by atoms with E-state index in [1.807, 2.05) is 0 Å². The molecule has 6 rings (SSSR count). The van der Waals surface area contributed by atoms with Gasteiger partial charge in [-0.05, 0) is 74.0 Å². The first-order valence-electron chi connectivity index (χ1n) is 12.3. The van der Waals surface area contributed by atoms with Crippen molar-refractivity contribution in [2.24, 2.45) is 0 Å². The molecule has 1 aromatic heterocycles. The van der Waals surface area contributed by atoms with Gasteiger partial charge in [-0.1, -0.05) is 18.2 Å². The number of nitrogens with zero attached hydrogens (tertiary/aromatic N) is 2. The second-order valence-corrected chi connectivity index (χ2v) is 11.7. The van der Waals surface area contributed by atoms with E-state index in [9.17, 15) is 9.32 Å². The molecule has 0 bridgehead atoms. The number of nitrogens with one attached hydrogen (secondary N) is 1. The van der Waals surface area contributed by atoms with Gasteiger partial charge in [-0.2, -0.15) is 0 Å². The van der Waals surface area contributed by atoms with E-state index in [4.69, 9.17) is 4.98 Å². The van der Waals surface area contributed by atoms with Crippen molar-refractivity contribution in [2.45, 2.75) is 74.1 Å². The number of anilines is 2. The lowest BCUT2D eigenvalue weighted by molar-refractivity contribution is 0.144. The number of aryl methyl sites for hydroxylation is 3. The third kappa shape index (κ3) is 3.56. The standard InChI is InChI=1S/C26H33N3O2S/c30-17-26(10-2-11-26)28-23-16-24(27-22-9-14-32(31)25(22)23)29-12-7-19(8-13-29)21-6-5-18-3-1-4-20(18)15-21/h5-6,15-16,19,30H,1-4,7-14,17H2,(H,27,28). The number of pyridine rings is 1. The molecule has 32 heavy (non-hydrogen) atoms. The lowest BCUT2D eigenvalue weighted by Crippen LogP contribution is -2.48. The second kappa shape index (κ2) is 8.14. The molecule has 1 atom stereocenters. The molecule has 1 unspecified atom stereocenters. The number of benzene rings is 1. The first kappa shape index (κ1) is 20.7. The Balaban J connectivity index is 1.22. The van der Waals surface area contributed by atoms with Gasteiger partial charge >= 0.3 is 0 Å². The normalized spacial score (nSPS) is 24.2. The third-order valence-electron chi connectivity index (χ3n) is 8.21. The largest absolute Gasteiger partial charge is 0.394 e. The first-order chi connectivity index (χ1) is 15.6. The highest BCUT2D eigenvalue weighted by Gasteiger charge is 2.38. The Labute approximate surface area is 193 Å². The van der Waals surface area contributed by atoms with Crippen LogP contribution in [0.4, 0.5) is 11.5 Å². The summed E-state index contributed by atoms with van der Waals surface area (Å²) in [5.41, 5.74) is 6.31. The van der Waals surface area contributed by atoms with E-state index in [-0.39, 0.29) is 12.1 Å². The Morgan fingerprint density at radius 1 is 1.09 bits per heavy atom. The summed E-state index contributed by atoms with van der Waals surface area (Å²) < 4.78 is 12.7. The number of hydrogen-bond donors (Lipinski definition) is 2. The fourth-order valence-corrected chi connectivity index (χ4v) is 7.39. The smallest absolute Gasteiger partial charge is 0.130 e. The summed E-state index contributed by atoms with van der Waals surface area (Å²) in [6, 6.07) is 9.30. The summed E-state index contributed by atoms with van der Waals surface area (Å²) in [5.74, 6) is 2.29. The van der Waals surface area contributed by atoms with Gasteiger partial charge in [0.25, 0.3) is 0 Å². The Morgan fingerprint density at radius 3 is 2.66 bits per heavy atom. The number of rotatable bonds is 5. The van der Waals surface area contributed by atoms with Crippen LogP contribution in [0.3, 0.4) is 0 Å². The molecular weight excluding hydrogens is 418 g/mol. The van der Waals surface area contributed by atoms with E-state index in [0.29, 0.717) is 11.7 Å². The van der Waals surface area contributed by atoms with Crippen molar-refractivity contribution in [3.8, 4) is 0 Å². The minimum Gasteiger partial charge on any atom is -0.394 e. The summed E-state index contributed by atoms with van der Waals surface area (Å²) in [4.78, 5) is 8.25. The van der Waals surface area contributed by atoms with Crippen LogP contribution in [0.2, 0.25) is 0 Å². The summed E-state index contributed by atoms with van der Waals surface area (Å²) in [5, 5.41) is 13.6. The average molecular weight is 452 g/mol. The Hall–Kier alpha value is -1.92. The van der Waals surface area contributed by atoms with E-state index in [0.717, 1.165) is 73.7 Å². The zero-order valence-corrected chi connectivity index (χ0v) is 19.6. The number of piperidine rings is 1. The topological polar surface area (TPSA) is 65.5 Å². The maximum atomic E-state index is 12.7. The predicted molar refractivity (Wildman–Crippen MR) is 129 cm³/mol. The van der Waals surface area contributed by atoms with Crippen LogP contribution in [-0.4, -0.2) is 45.3 Å². The number of aromatic nitrogens is 1. The Bertz CT molecular complexity index is 1050. The van der Waals surface area contributed by atoms with Crippen LogP contribution in [0.1, 0.15) is 66.8 Å². The van der Waals surface area contributed by atoms with Gasteiger partial charge in [0.15, 0.2) is 0 Å². The molecule has 2 aliphatic carbocycles. The highest BCUT2D eigenvalue weighted by molar-refractivity contribution is 7.85. The molecule has 170 valence electrons. The van der Waals surface area contributed by atoms with Crippen molar-refractivity contribution in [1.29, 1.82) is 0 Å². The molecule has 3 heterocycles. The molecular formula is C26H33N3O2S. The summed E-state index contributed by atoms with van der Waals surface area (Å²) >= 11 is 0. The van der Waals surface area contributed by atoms with Crippen LogP contribution in [0, 0.1) is 0 Å². The van der Waals surface area contributed by atoms with Crippen LogP contribution < -0.4 is 10.2 Å². The lowest BCUT2D eigenvalue weighted by Gasteiger charge is -2.42. The molecule has 6 heteroatoms. The summed E-state index contributed by atoms with van der Waals surface area (Å²) in [6.45, 7) is 2.13. The van der Waals surface area contributed by atoms with Gasteiger partial charge in [-0.3, -0.25) is 4.21 Å². The Kier molecular flexibility index (Phi) is 5.26. The van der Waals surface area contributed by atoms with Crippen molar-refractivity contribution >= 4 is 22.3 Å². The number of fused-ring (bicyclic) bond motifs is 2. The molecule has 1 saturated carbocycles. The average Bonchev–Trinajstić information content (AvgIpc) is 3.42. The zero-order valence-electron chi connectivity index (χ0n) is 18.7. The molecule has 4 aliphatic rings. The number of hydrogen-bond acceptors (Lipinski definition) is 5. The summed E-state index contributed by atoms with van der Waals surface area (Å²) in [7, 11) is -0.993. The molecule has 2 aliphatic heterocycles. The lowest BCUT2D eigenvalue weighted by atomic mass is 9.77. The van der Waals surface area contributed by atoms with E-state index >= 15 is 0 Å². The van der Waals surface area contributed by atoms with E-state index in [1.54, 1.807) is 11.1 Å². The minimum atomic E-state index is -0.993. The van der Waals surface area contributed by atoms with Crippen LogP contribution in [0.5, 0.6) is 0 Å². The maximum Gasteiger partial charge on any atom is 0.130 e. The van der Waals surface area contributed by atoms with Gasteiger partial charge in [0.05, 0.1) is 39.2 Å². The molecule has 2 fully saturated rings. The minimum absolute atomic E-state index is 0.123. The highest BCUT2D eigenvalue weighted by Crippen LogP contribution is 2.40. The van der Waals surface area contributed by atoms with Crippen molar-refractivity contribution in [3.05, 3.63) is 46.6 Å². The van der Waals surface area contributed by atoms with Gasteiger partial charge in [0.2, 0.25) is 0 Å². The number of aliphatic hydroxyl groups excluding tert-OH is 1. The van der Waals surface area contributed by atoms with Crippen LogP contribution in [-0.2, 0) is 30.1 Å². The molecule has 0 spiro atoms. The fraction of sp³-hybridized carbons (Fsp3) is 0.577. The second-order valence-electron chi connectivity index (χ2n) is 10.2. The van der Waals surface area contributed by atoms with Crippen molar-refractivity contribution in [2.75, 3.05) is 35.7 Å². The van der Waals surface area contributed by atoms with Gasteiger partial charge in [-0.15, -0.1) is 0 Å². The van der Waals surface area contributed by atoms with Gasteiger partial charge in [0, 0.05) is 31.3 Å². The Morgan fingerprint density at radius 2 is 1.91 bits per heavy atom. The van der Waals surface area contributed by atoms with Gasteiger partial charge < -0.3 is 15.3 Å². The third-order valence-corrected chi connectivity index (χ3v) is 9.69. The van der Waals surface area contributed by atoms with E-state index in [2.05, 4.69) is 34.5 Å². The van der Waals surface area contributed by atoms with Gasteiger partial charge in [-0.25, -0.2) is 4.98 Å². The molecule has 0 amide bonds. The van der Waals surface area contributed by atoms with E-state index in [1.165, 1.54) is 24.8 Å². The SMILES string of the molecule is O=S1CCc2nc(N3CCC(c4ccc5c(c4)CCC5)CC3)cc(NC3(CO)CCC3)c21. The molecule has 2 N–H and O–H groups in total. The first-order valence-corrected chi connectivity index (χ1v) is 13.6. The van der Waals surface area contributed by atoms with Crippen LogP contribution >= 0.6 is 0 Å². The van der Waals surface area contributed by atoms with E-state index < -0.39 is 10.8 Å².